The summed E-state index contributed by atoms with van der Waals surface area (Å²) in [6.07, 6.45) is 1.24. The summed E-state index contributed by atoms with van der Waals surface area (Å²) in [4.78, 5) is 28.0. The first-order valence-electron chi connectivity index (χ1n) is 7.59. The summed E-state index contributed by atoms with van der Waals surface area (Å²) in [5.41, 5.74) is 0.483. The topological polar surface area (TPSA) is 52.7 Å². The molecule has 1 fully saturated rings. The Morgan fingerprint density at radius 2 is 1.73 bits per heavy atom. The van der Waals surface area contributed by atoms with Gasteiger partial charge in [-0.2, -0.15) is 0 Å². The maximum atomic E-state index is 12.9. The molecule has 1 N–H and O–H groups in total. The van der Waals surface area contributed by atoms with Crippen molar-refractivity contribution in [3.63, 3.8) is 0 Å². The number of benzene rings is 1. The smallest absolute Gasteiger partial charge is 0.253 e. The quantitative estimate of drug-likeness (QED) is 0.906. The molecular weight excluding hydrogens is 285 g/mol. The lowest BCUT2D eigenvalue weighted by molar-refractivity contribution is -0.130. The van der Waals surface area contributed by atoms with Gasteiger partial charge in [0.1, 0.15) is 5.82 Å². The average molecular weight is 307 g/mol. The molecule has 1 aromatic rings. The normalized spacial score (nSPS) is 15.5. The maximum Gasteiger partial charge on any atom is 0.253 e. The van der Waals surface area contributed by atoms with Crippen molar-refractivity contribution < 1.29 is 14.0 Å². The Balaban J connectivity index is 1.93. The van der Waals surface area contributed by atoms with Crippen LogP contribution in [0.25, 0.3) is 0 Å². The van der Waals surface area contributed by atoms with Gasteiger partial charge in [0.2, 0.25) is 5.91 Å². The fraction of sp³-hybridized carbons (Fsp3) is 0.500. The van der Waals surface area contributed by atoms with E-state index in [9.17, 15) is 14.0 Å². The van der Waals surface area contributed by atoms with Crippen LogP contribution in [-0.2, 0) is 4.79 Å². The molecule has 5 nitrogen and oxygen atoms in total. The van der Waals surface area contributed by atoms with Crippen molar-refractivity contribution >= 4 is 11.8 Å². The fourth-order valence-electron chi connectivity index (χ4n) is 2.54. The van der Waals surface area contributed by atoms with Crippen molar-refractivity contribution in [3.8, 4) is 0 Å². The first-order valence-corrected chi connectivity index (χ1v) is 7.59. The van der Waals surface area contributed by atoms with E-state index in [0.29, 0.717) is 44.7 Å². The zero-order chi connectivity index (χ0) is 15.9. The number of rotatable bonds is 4. The third-order valence-electron chi connectivity index (χ3n) is 3.82. The van der Waals surface area contributed by atoms with Crippen LogP contribution in [-0.4, -0.2) is 61.4 Å². The highest BCUT2D eigenvalue weighted by molar-refractivity contribution is 5.94. The van der Waals surface area contributed by atoms with E-state index < -0.39 is 0 Å². The SMILES string of the molecule is CNCCC(=O)N1CCCN(C(=O)c2ccc(F)cc2)CC1. The molecule has 1 heterocycles. The molecule has 1 aliphatic rings. The molecule has 0 aromatic heterocycles. The lowest BCUT2D eigenvalue weighted by atomic mass is 10.2. The van der Waals surface area contributed by atoms with Crippen LogP contribution in [0.15, 0.2) is 24.3 Å². The van der Waals surface area contributed by atoms with Gasteiger partial charge in [-0.1, -0.05) is 0 Å². The van der Waals surface area contributed by atoms with Crippen molar-refractivity contribution in [2.45, 2.75) is 12.8 Å². The van der Waals surface area contributed by atoms with Gasteiger partial charge in [0, 0.05) is 44.7 Å². The van der Waals surface area contributed by atoms with E-state index in [2.05, 4.69) is 5.32 Å². The minimum Gasteiger partial charge on any atom is -0.341 e. The van der Waals surface area contributed by atoms with Crippen molar-refractivity contribution in [1.29, 1.82) is 0 Å². The molecule has 1 aliphatic heterocycles. The molecule has 0 saturated carbocycles. The highest BCUT2D eigenvalue weighted by Crippen LogP contribution is 2.11. The molecule has 0 atom stereocenters. The third kappa shape index (κ3) is 4.27. The van der Waals surface area contributed by atoms with E-state index in [4.69, 9.17) is 0 Å². The summed E-state index contributed by atoms with van der Waals surface area (Å²) in [5.74, 6) is -0.344. The number of nitrogens with one attached hydrogen (secondary N) is 1. The zero-order valence-electron chi connectivity index (χ0n) is 12.8. The molecular formula is C16H22FN3O2. The number of hydrogen-bond donors (Lipinski definition) is 1. The Hall–Kier alpha value is -1.95. The highest BCUT2D eigenvalue weighted by atomic mass is 19.1. The Morgan fingerprint density at radius 3 is 2.41 bits per heavy atom. The summed E-state index contributed by atoms with van der Waals surface area (Å²) in [5, 5.41) is 2.96. The summed E-state index contributed by atoms with van der Waals surface area (Å²) < 4.78 is 12.9. The minimum atomic E-state index is -0.353. The lowest BCUT2D eigenvalue weighted by Gasteiger charge is -2.22. The van der Waals surface area contributed by atoms with Crippen LogP contribution in [0.5, 0.6) is 0 Å². The number of amides is 2. The molecule has 6 heteroatoms. The van der Waals surface area contributed by atoms with Crippen molar-refractivity contribution in [3.05, 3.63) is 35.6 Å². The van der Waals surface area contributed by atoms with Gasteiger partial charge >= 0.3 is 0 Å². The van der Waals surface area contributed by atoms with E-state index in [0.717, 1.165) is 6.42 Å². The molecule has 0 aliphatic carbocycles. The van der Waals surface area contributed by atoms with Crippen LogP contribution < -0.4 is 5.32 Å². The van der Waals surface area contributed by atoms with Crippen LogP contribution in [0.1, 0.15) is 23.2 Å². The fourth-order valence-corrected chi connectivity index (χ4v) is 2.54. The van der Waals surface area contributed by atoms with Crippen molar-refractivity contribution in [2.75, 3.05) is 39.8 Å². The Bertz CT molecular complexity index is 519. The van der Waals surface area contributed by atoms with Crippen molar-refractivity contribution in [2.24, 2.45) is 0 Å². The zero-order valence-corrected chi connectivity index (χ0v) is 12.8. The van der Waals surface area contributed by atoms with Crippen LogP contribution in [0.4, 0.5) is 4.39 Å². The van der Waals surface area contributed by atoms with Gasteiger partial charge in [0.15, 0.2) is 0 Å². The molecule has 120 valence electrons. The lowest BCUT2D eigenvalue weighted by Crippen LogP contribution is -2.38. The predicted molar refractivity (Wildman–Crippen MR) is 82.0 cm³/mol. The molecule has 0 bridgehead atoms. The second-order valence-corrected chi connectivity index (χ2v) is 5.39. The average Bonchev–Trinajstić information content (AvgIpc) is 2.78. The van der Waals surface area contributed by atoms with E-state index in [1.807, 2.05) is 11.9 Å². The van der Waals surface area contributed by atoms with Crippen LogP contribution >= 0.6 is 0 Å². The first-order chi connectivity index (χ1) is 10.6. The molecule has 1 saturated heterocycles. The molecule has 2 rings (SSSR count). The van der Waals surface area contributed by atoms with Gasteiger partial charge in [0.25, 0.3) is 5.91 Å². The van der Waals surface area contributed by atoms with Crippen molar-refractivity contribution in [1.82, 2.24) is 15.1 Å². The van der Waals surface area contributed by atoms with Gasteiger partial charge in [-0.25, -0.2) is 4.39 Å². The Labute approximate surface area is 130 Å². The Morgan fingerprint density at radius 1 is 1.09 bits per heavy atom. The van der Waals surface area contributed by atoms with Crippen LogP contribution in [0.2, 0.25) is 0 Å². The van der Waals surface area contributed by atoms with E-state index >= 15 is 0 Å². The number of nitrogens with zero attached hydrogens (tertiary/aromatic N) is 2. The molecule has 0 spiro atoms. The summed E-state index contributed by atoms with van der Waals surface area (Å²) in [7, 11) is 1.82. The first kappa shape index (κ1) is 16.4. The predicted octanol–water partition coefficient (Wildman–Crippen LogP) is 1.11. The van der Waals surface area contributed by atoms with E-state index in [1.165, 1.54) is 24.3 Å². The number of hydrogen-bond acceptors (Lipinski definition) is 3. The Kier molecular flexibility index (Phi) is 5.89. The molecule has 1 aromatic carbocycles. The standard InChI is InChI=1S/C16H22FN3O2/c1-18-8-7-15(21)19-9-2-10-20(12-11-19)16(22)13-3-5-14(17)6-4-13/h3-6,18H,2,7-12H2,1H3. The van der Waals surface area contributed by atoms with Crippen LogP contribution in [0.3, 0.4) is 0 Å². The van der Waals surface area contributed by atoms with Gasteiger partial charge in [-0.05, 0) is 37.7 Å². The third-order valence-corrected chi connectivity index (χ3v) is 3.82. The number of carbonyl (C=O) groups excluding carboxylic acids is 2. The number of halogens is 1. The van der Waals surface area contributed by atoms with E-state index in [1.54, 1.807) is 4.90 Å². The van der Waals surface area contributed by atoms with Gasteiger partial charge in [-0.15, -0.1) is 0 Å². The summed E-state index contributed by atoms with van der Waals surface area (Å²) in [6.45, 7) is 3.02. The van der Waals surface area contributed by atoms with Crippen LogP contribution in [0, 0.1) is 5.82 Å². The van der Waals surface area contributed by atoms with Gasteiger partial charge < -0.3 is 15.1 Å². The summed E-state index contributed by atoms with van der Waals surface area (Å²) in [6, 6.07) is 5.58. The van der Waals surface area contributed by atoms with Gasteiger partial charge in [-0.3, -0.25) is 9.59 Å². The van der Waals surface area contributed by atoms with E-state index in [-0.39, 0.29) is 17.6 Å². The second kappa shape index (κ2) is 7.89. The van der Waals surface area contributed by atoms with Gasteiger partial charge in [0.05, 0.1) is 0 Å². The maximum absolute atomic E-state index is 12.9. The molecule has 2 amide bonds. The molecule has 0 unspecified atom stereocenters. The largest absolute Gasteiger partial charge is 0.341 e. The minimum absolute atomic E-state index is 0.107. The number of carbonyl (C=O) groups is 2. The molecule has 22 heavy (non-hydrogen) atoms. The summed E-state index contributed by atoms with van der Waals surface area (Å²) >= 11 is 0. The monoisotopic (exact) mass is 307 g/mol. The highest BCUT2D eigenvalue weighted by Gasteiger charge is 2.22. The molecule has 0 radical (unpaired) electrons. The second-order valence-electron chi connectivity index (χ2n) is 5.39.